The van der Waals surface area contributed by atoms with Crippen LogP contribution < -0.4 is 10.1 Å². The van der Waals surface area contributed by atoms with E-state index in [0.717, 1.165) is 5.69 Å². The lowest BCUT2D eigenvalue weighted by molar-refractivity contribution is -0.384. The number of hydrogen-bond donors (Lipinski definition) is 1. The number of nitrogens with one attached hydrogen (secondary N) is 1. The average molecular weight is 312 g/mol. The van der Waals surface area contributed by atoms with Crippen LogP contribution in [0.15, 0.2) is 42.6 Å². The Morgan fingerprint density at radius 3 is 2.87 bits per heavy atom. The van der Waals surface area contributed by atoms with Gasteiger partial charge in [-0.25, -0.2) is 0 Å². The maximum Gasteiger partial charge on any atom is 0.296 e. The fourth-order valence-corrected chi connectivity index (χ4v) is 2.06. The molecule has 1 N–H and O–H groups in total. The molecule has 0 bridgehead atoms. The molecule has 0 fully saturated rings. The van der Waals surface area contributed by atoms with E-state index >= 15 is 0 Å². The first-order valence-electron chi connectivity index (χ1n) is 7.09. The van der Waals surface area contributed by atoms with Gasteiger partial charge in [0.25, 0.3) is 5.69 Å². The van der Waals surface area contributed by atoms with Crippen molar-refractivity contribution in [2.24, 2.45) is 0 Å². The molecule has 2 rings (SSSR count). The van der Waals surface area contributed by atoms with Crippen molar-refractivity contribution in [2.75, 3.05) is 11.9 Å². The standard InChI is InChI=1S/C16H16N4O3/c1-12(13-6-2-3-10-18-13)23-15-8-4-7-14(20(21)22)16(15)19-11-5-9-17/h2-4,6-8,10,12,19H,5,11H2,1H3/t12-/m1/s1. The summed E-state index contributed by atoms with van der Waals surface area (Å²) in [6.45, 7) is 2.12. The van der Waals surface area contributed by atoms with E-state index in [1.54, 1.807) is 24.4 Å². The van der Waals surface area contributed by atoms with E-state index in [0.29, 0.717) is 12.3 Å². The van der Waals surface area contributed by atoms with Gasteiger partial charge in [-0.05, 0) is 25.1 Å². The van der Waals surface area contributed by atoms with Gasteiger partial charge in [-0.15, -0.1) is 0 Å². The van der Waals surface area contributed by atoms with Crippen molar-refractivity contribution in [2.45, 2.75) is 19.4 Å². The number of para-hydroxylation sites is 1. The molecule has 7 nitrogen and oxygen atoms in total. The molecule has 0 spiro atoms. The third kappa shape index (κ3) is 4.17. The van der Waals surface area contributed by atoms with E-state index < -0.39 is 4.92 Å². The number of pyridine rings is 1. The van der Waals surface area contributed by atoms with Crippen molar-refractivity contribution in [3.8, 4) is 11.8 Å². The molecule has 23 heavy (non-hydrogen) atoms. The topological polar surface area (TPSA) is 101 Å². The molecule has 0 radical (unpaired) electrons. The number of nitro benzene ring substituents is 1. The van der Waals surface area contributed by atoms with Crippen LogP contribution in [0, 0.1) is 21.4 Å². The fraction of sp³-hybridized carbons (Fsp3) is 0.250. The minimum atomic E-state index is -0.479. The third-order valence-electron chi connectivity index (χ3n) is 3.15. The van der Waals surface area contributed by atoms with E-state index in [1.807, 2.05) is 25.1 Å². The molecule has 0 aliphatic carbocycles. The summed E-state index contributed by atoms with van der Waals surface area (Å²) in [5.41, 5.74) is 0.908. The SMILES string of the molecule is C[C@@H](Oc1cccc([N+](=O)[O-])c1NCCC#N)c1ccccn1. The number of hydrogen-bond acceptors (Lipinski definition) is 6. The van der Waals surface area contributed by atoms with Crippen molar-refractivity contribution in [3.63, 3.8) is 0 Å². The fourth-order valence-electron chi connectivity index (χ4n) is 2.06. The van der Waals surface area contributed by atoms with Crippen molar-refractivity contribution in [1.82, 2.24) is 4.98 Å². The van der Waals surface area contributed by atoms with E-state index in [4.69, 9.17) is 10.00 Å². The van der Waals surface area contributed by atoms with Gasteiger partial charge in [0, 0.05) is 18.8 Å². The van der Waals surface area contributed by atoms with Crippen LogP contribution in [0.3, 0.4) is 0 Å². The Morgan fingerprint density at radius 2 is 2.22 bits per heavy atom. The second kappa shape index (κ2) is 7.75. The first kappa shape index (κ1) is 16.2. The van der Waals surface area contributed by atoms with Crippen LogP contribution in [-0.4, -0.2) is 16.5 Å². The molecule has 1 atom stereocenters. The van der Waals surface area contributed by atoms with Gasteiger partial charge in [0.15, 0.2) is 11.4 Å². The predicted octanol–water partition coefficient (Wildman–Crippen LogP) is 3.46. The summed E-state index contributed by atoms with van der Waals surface area (Å²) in [6.07, 6.45) is 1.53. The number of anilines is 1. The molecule has 1 aromatic carbocycles. The van der Waals surface area contributed by atoms with E-state index in [1.165, 1.54) is 6.07 Å². The van der Waals surface area contributed by atoms with Gasteiger partial charge in [-0.1, -0.05) is 12.1 Å². The zero-order chi connectivity index (χ0) is 16.7. The van der Waals surface area contributed by atoms with Gasteiger partial charge in [0.1, 0.15) is 6.10 Å². The number of benzene rings is 1. The van der Waals surface area contributed by atoms with Crippen LogP contribution >= 0.6 is 0 Å². The number of ether oxygens (including phenoxy) is 1. The molecule has 1 heterocycles. The molecule has 0 aliphatic heterocycles. The zero-order valence-electron chi connectivity index (χ0n) is 12.6. The van der Waals surface area contributed by atoms with Crippen molar-refractivity contribution >= 4 is 11.4 Å². The van der Waals surface area contributed by atoms with Crippen LogP contribution in [0.1, 0.15) is 25.1 Å². The minimum Gasteiger partial charge on any atom is -0.482 e. The Kier molecular flexibility index (Phi) is 5.47. The molecule has 2 aromatic rings. The van der Waals surface area contributed by atoms with E-state index in [9.17, 15) is 10.1 Å². The van der Waals surface area contributed by atoms with Gasteiger partial charge in [0.2, 0.25) is 0 Å². The maximum absolute atomic E-state index is 11.2. The highest BCUT2D eigenvalue weighted by Crippen LogP contribution is 2.36. The smallest absolute Gasteiger partial charge is 0.296 e. The van der Waals surface area contributed by atoms with Crippen molar-refractivity contribution < 1.29 is 9.66 Å². The molecule has 0 unspecified atom stereocenters. The Morgan fingerprint density at radius 1 is 1.39 bits per heavy atom. The first-order chi connectivity index (χ1) is 11.1. The Balaban J connectivity index is 2.28. The van der Waals surface area contributed by atoms with Crippen LogP contribution in [0.4, 0.5) is 11.4 Å². The largest absolute Gasteiger partial charge is 0.482 e. The Hall–Kier alpha value is -3.14. The van der Waals surface area contributed by atoms with Gasteiger partial charge >= 0.3 is 0 Å². The summed E-state index contributed by atoms with van der Waals surface area (Å²) < 4.78 is 5.84. The Labute approximate surface area is 133 Å². The third-order valence-corrected chi connectivity index (χ3v) is 3.15. The quantitative estimate of drug-likeness (QED) is 0.477. The molecule has 0 saturated carbocycles. The summed E-state index contributed by atoms with van der Waals surface area (Å²) in [6, 6.07) is 12.1. The lowest BCUT2D eigenvalue weighted by atomic mass is 10.2. The van der Waals surface area contributed by atoms with Crippen LogP contribution in [0.2, 0.25) is 0 Å². The van der Waals surface area contributed by atoms with Crippen molar-refractivity contribution in [1.29, 1.82) is 5.26 Å². The van der Waals surface area contributed by atoms with Gasteiger partial charge < -0.3 is 10.1 Å². The summed E-state index contributed by atoms with van der Waals surface area (Å²) in [7, 11) is 0. The molecular formula is C16H16N4O3. The number of nitrogens with zero attached hydrogens (tertiary/aromatic N) is 3. The molecule has 118 valence electrons. The molecular weight excluding hydrogens is 296 g/mol. The lowest BCUT2D eigenvalue weighted by Gasteiger charge is -2.17. The summed E-state index contributed by atoms with van der Waals surface area (Å²) in [4.78, 5) is 14.9. The highest BCUT2D eigenvalue weighted by molar-refractivity contribution is 5.70. The van der Waals surface area contributed by atoms with Crippen molar-refractivity contribution in [3.05, 3.63) is 58.4 Å². The number of rotatable bonds is 7. The highest BCUT2D eigenvalue weighted by atomic mass is 16.6. The summed E-state index contributed by atoms with van der Waals surface area (Å²) in [5, 5.41) is 22.7. The monoisotopic (exact) mass is 312 g/mol. The first-order valence-corrected chi connectivity index (χ1v) is 7.09. The molecule has 0 saturated heterocycles. The number of aromatic nitrogens is 1. The maximum atomic E-state index is 11.2. The lowest BCUT2D eigenvalue weighted by Crippen LogP contribution is -2.09. The highest BCUT2D eigenvalue weighted by Gasteiger charge is 2.20. The molecule has 0 amide bonds. The van der Waals surface area contributed by atoms with Gasteiger partial charge in [-0.3, -0.25) is 15.1 Å². The van der Waals surface area contributed by atoms with E-state index in [-0.39, 0.29) is 23.9 Å². The normalized spacial score (nSPS) is 11.3. The summed E-state index contributed by atoms with van der Waals surface area (Å²) >= 11 is 0. The van der Waals surface area contributed by atoms with Gasteiger partial charge in [-0.2, -0.15) is 5.26 Å². The van der Waals surface area contributed by atoms with Crippen LogP contribution in [0.25, 0.3) is 0 Å². The second-order valence-electron chi connectivity index (χ2n) is 4.76. The number of nitro groups is 1. The van der Waals surface area contributed by atoms with E-state index in [2.05, 4.69) is 10.3 Å². The summed E-state index contributed by atoms with van der Waals surface area (Å²) in [5.74, 6) is 0.357. The average Bonchev–Trinajstić information content (AvgIpc) is 2.56. The van der Waals surface area contributed by atoms with Crippen LogP contribution in [-0.2, 0) is 0 Å². The Bertz CT molecular complexity index is 713. The van der Waals surface area contributed by atoms with Gasteiger partial charge in [0.05, 0.1) is 23.1 Å². The number of nitriles is 1. The zero-order valence-corrected chi connectivity index (χ0v) is 12.6. The second-order valence-corrected chi connectivity index (χ2v) is 4.76. The predicted molar refractivity (Wildman–Crippen MR) is 85.1 cm³/mol. The van der Waals surface area contributed by atoms with Crippen LogP contribution in [0.5, 0.6) is 5.75 Å². The molecule has 1 aromatic heterocycles. The molecule has 7 heteroatoms. The molecule has 0 aliphatic rings. The minimum absolute atomic E-state index is 0.0892.